The number of benzene rings is 2. The van der Waals surface area contributed by atoms with Crippen LogP contribution < -0.4 is 10.1 Å². The number of carbonyl (C=O) groups is 1. The van der Waals surface area contributed by atoms with Crippen molar-refractivity contribution < 1.29 is 26.4 Å². The first-order chi connectivity index (χ1) is 17.5. The maximum atomic E-state index is 13.2. The molecule has 1 amide bonds. The molecular formula is C25H34N4O6S2. The Bertz CT molecular complexity index is 1340. The number of nitrogens with zero attached hydrogens (tertiary/aromatic N) is 3. The molecule has 4 rings (SSSR count). The number of amides is 1. The molecule has 1 N–H and O–H groups in total. The van der Waals surface area contributed by atoms with Gasteiger partial charge in [-0.2, -0.15) is 8.61 Å². The van der Waals surface area contributed by atoms with Crippen molar-refractivity contribution in [1.82, 2.24) is 13.5 Å². The number of ether oxygens (including phenoxy) is 1. The maximum absolute atomic E-state index is 13.2. The summed E-state index contributed by atoms with van der Waals surface area (Å²) in [4.78, 5) is 15.4. The van der Waals surface area contributed by atoms with Crippen molar-refractivity contribution in [2.24, 2.45) is 5.92 Å². The Labute approximate surface area is 219 Å². The molecule has 2 saturated heterocycles. The van der Waals surface area contributed by atoms with Gasteiger partial charge in [-0.15, -0.1) is 0 Å². The lowest BCUT2D eigenvalue weighted by Gasteiger charge is -2.31. The number of piperazine rings is 1. The average Bonchev–Trinajstić information content (AvgIpc) is 2.89. The smallest absolute Gasteiger partial charge is 0.243 e. The monoisotopic (exact) mass is 550 g/mol. The minimum absolute atomic E-state index is 0.0785. The lowest BCUT2D eigenvalue weighted by atomic mass is 9.99. The van der Waals surface area contributed by atoms with Gasteiger partial charge in [0, 0.05) is 45.0 Å². The first-order valence-electron chi connectivity index (χ1n) is 12.3. The second-order valence-electron chi connectivity index (χ2n) is 9.55. The zero-order valence-electron chi connectivity index (χ0n) is 21.4. The van der Waals surface area contributed by atoms with Crippen molar-refractivity contribution in [2.45, 2.75) is 29.6 Å². The Balaban J connectivity index is 1.41. The zero-order valence-corrected chi connectivity index (χ0v) is 23.0. The second kappa shape index (κ2) is 11.1. The van der Waals surface area contributed by atoms with Crippen LogP contribution in [0.3, 0.4) is 0 Å². The number of likely N-dealkylation sites (N-methyl/N-ethyl adjacent to an activating group) is 1. The third-order valence-corrected chi connectivity index (χ3v) is 10.8. The molecule has 2 heterocycles. The predicted molar refractivity (Wildman–Crippen MR) is 141 cm³/mol. The van der Waals surface area contributed by atoms with E-state index in [-0.39, 0.29) is 22.2 Å². The third-order valence-electron chi connectivity index (χ3n) is 6.98. The molecule has 2 aliphatic heterocycles. The van der Waals surface area contributed by atoms with E-state index in [0.717, 1.165) is 0 Å². The van der Waals surface area contributed by atoms with Gasteiger partial charge < -0.3 is 15.0 Å². The summed E-state index contributed by atoms with van der Waals surface area (Å²) in [5, 5.41) is 2.82. The van der Waals surface area contributed by atoms with E-state index < -0.39 is 26.0 Å². The fraction of sp³-hybridized carbons (Fsp3) is 0.480. The summed E-state index contributed by atoms with van der Waals surface area (Å²) in [6.07, 6.45) is 1.13. The first-order valence-corrected chi connectivity index (χ1v) is 15.1. The van der Waals surface area contributed by atoms with E-state index in [1.807, 2.05) is 7.05 Å². The van der Waals surface area contributed by atoms with Crippen LogP contribution >= 0.6 is 0 Å². The number of hydrogen-bond donors (Lipinski definition) is 1. The highest BCUT2D eigenvalue weighted by Gasteiger charge is 2.34. The molecule has 12 heteroatoms. The Morgan fingerprint density at radius 3 is 2.14 bits per heavy atom. The van der Waals surface area contributed by atoms with Crippen LogP contribution in [0, 0.1) is 12.8 Å². The second-order valence-corrected chi connectivity index (χ2v) is 13.4. The number of rotatable bonds is 7. The van der Waals surface area contributed by atoms with Gasteiger partial charge in [0.15, 0.2) is 0 Å². The largest absolute Gasteiger partial charge is 0.496 e. The van der Waals surface area contributed by atoms with Crippen LogP contribution in [0.2, 0.25) is 0 Å². The van der Waals surface area contributed by atoms with E-state index in [0.29, 0.717) is 62.6 Å². The van der Waals surface area contributed by atoms with Crippen molar-refractivity contribution in [3.05, 3.63) is 48.0 Å². The van der Waals surface area contributed by atoms with Crippen molar-refractivity contribution in [2.75, 3.05) is 58.7 Å². The molecule has 1 unspecified atom stereocenters. The molecule has 10 nitrogen and oxygen atoms in total. The Morgan fingerprint density at radius 2 is 1.51 bits per heavy atom. The van der Waals surface area contributed by atoms with Crippen LogP contribution in [0.1, 0.15) is 18.4 Å². The summed E-state index contributed by atoms with van der Waals surface area (Å²) in [6.45, 7) is 4.44. The summed E-state index contributed by atoms with van der Waals surface area (Å²) in [5.41, 5.74) is 1.18. The number of aryl methyl sites for hydroxylation is 1. The van der Waals surface area contributed by atoms with Crippen molar-refractivity contribution in [3.63, 3.8) is 0 Å². The number of methoxy groups -OCH3 is 1. The Morgan fingerprint density at radius 1 is 0.892 bits per heavy atom. The summed E-state index contributed by atoms with van der Waals surface area (Å²) >= 11 is 0. The van der Waals surface area contributed by atoms with E-state index in [1.54, 1.807) is 31.2 Å². The molecule has 2 aromatic carbocycles. The highest BCUT2D eigenvalue weighted by Crippen LogP contribution is 2.28. The van der Waals surface area contributed by atoms with Gasteiger partial charge in [0.2, 0.25) is 26.0 Å². The average molecular weight is 551 g/mol. The van der Waals surface area contributed by atoms with Gasteiger partial charge in [-0.3, -0.25) is 4.79 Å². The van der Waals surface area contributed by atoms with Gasteiger partial charge in [-0.25, -0.2) is 16.8 Å². The number of carbonyl (C=O) groups excluding carboxylic acids is 1. The molecule has 37 heavy (non-hydrogen) atoms. The highest BCUT2D eigenvalue weighted by atomic mass is 32.2. The molecule has 0 spiro atoms. The minimum atomic E-state index is -3.76. The zero-order chi connectivity index (χ0) is 26.8. The number of hydrogen-bond acceptors (Lipinski definition) is 7. The molecule has 202 valence electrons. The lowest BCUT2D eigenvalue weighted by molar-refractivity contribution is -0.120. The Kier molecular flexibility index (Phi) is 8.24. The summed E-state index contributed by atoms with van der Waals surface area (Å²) in [5.74, 6) is -0.200. The SMILES string of the molecule is COc1ccc(S(=O)(=O)N2CCCC(C(=O)Nc3ccc(S(=O)(=O)N4CCN(C)CC4)cc3)C2)cc1C. The molecule has 2 aromatic rings. The van der Waals surface area contributed by atoms with E-state index in [9.17, 15) is 21.6 Å². The van der Waals surface area contributed by atoms with Crippen molar-refractivity contribution in [1.29, 1.82) is 0 Å². The fourth-order valence-corrected chi connectivity index (χ4v) is 7.70. The van der Waals surface area contributed by atoms with Crippen LogP contribution in [0.5, 0.6) is 5.75 Å². The van der Waals surface area contributed by atoms with Crippen LogP contribution in [-0.2, 0) is 24.8 Å². The molecule has 0 radical (unpaired) electrons. The first kappa shape index (κ1) is 27.5. The molecule has 1 atom stereocenters. The quantitative estimate of drug-likeness (QED) is 0.560. The van der Waals surface area contributed by atoms with Crippen LogP contribution in [-0.4, -0.2) is 89.7 Å². The molecule has 0 bridgehead atoms. The maximum Gasteiger partial charge on any atom is 0.243 e. The van der Waals surface area contributed by atoms with E-state index in [4.69, 9.17) is 4.74 Å². The topological polar surface area (TPSA) is 116 Å². The number of sulfonamides is 2. The predicted octanol–water partition coefficient (Wildman–Crippen LogP) is 1.98. The Hall–Kier alpha value is -2.51. The molecular weight excluding hydrogens is 516 g/mol. The molecule has 2 fully saturated rings. The molecule has 2 aliphatic rings. The fourth-order valence-electron chi connectivity index (χ4n) is 4.67. The van der Waals surface area contributed by atoms with Gasteiger partial charge >= 0.3 is 0 Å². The molecule has 0 aliphatic carbocycles. The van der Waals surface area contributed by atoms with Gasteiger partial charge in [-0.05, 0) is 74.8 Å². The third kappa shape index (κ3) is 5.99. The summed E-state index contributed by atoms with van der Waals surface area (Å²) in [7, 11) is -3.86. The molecule has 0 saturated carbocycles. The lowest BCUT2D eigenvalue weighted by Crippen LogP contribution is -2.47. The van der Waals surface area contributed by atoms with Crippen molar-refractivity contribution >= 4 is 31.6 Å². The number of nitrogens with one attached hydrogen (secondary N) is 1. The standard InChI is InChI=1S/C25H34N4O6S2/c1-19-17-23(10-11-24(19)35-3)37(33,34)29-12-4-5-20(18-29)25(30)26-21-6-8-22(9-7-21)36(31,32)28-15-13-27(2)14-16-28/h6-11,17,20H,4-5,12-16,18H2,1-3H3,(H,26,30). The number of piperidine rings is 1. The summed E-state index contributed by atoms with van der Waals surface area (Å²) in [6, 6.07) is 10.8. The van der Waals surface area contributed by atoms with Crippen molar-refractivity contribution in [3.8, 4) is 5.75 Å². The number of anilines is 1. The summed E-state index contributed by atoms with van der Waals surface area (Å²) < 4.78 is 60.4. The minimum Gasteiger partial charge on any atom is -0.496 e. The van der Waals surface area contributed by atoms with Crippen LogP contribution in [0.15, 0.2) is 52.3 Å². The van der Waals surface area contributed by atoms with Gasteiger partial charge in [0.05, 0.1) is 22.8 Å². The van der Waals surface area contributed by atoms with E-state index in [2.05, 4.69) is 10.2 Å². The normalized spacial score (nSPS) is 20.5. The van der Waals surface area contributed by atoms with Gasteiger partial charge in [0.25, 0.3) is 0 Å². The van der Waals surface area contributed by atoms with Gasteiger partial charge in [0.1, 0.15) is 5.75 Å². The van der Waals surface area contributed by atoms with Crippen LogP contribution in [0.25, 0.3) is 0 Å². The van der Waals surface area contributed by atoms with E-state index >= 15 is 0 Å². The molecule has 0 aromatic heterocycles. The van der Waals surface area contributed by atoms with E-state index in [1.165, 1.54) is 33.9 Å². The van der Waals surface area contributed by atoms with Gasteiger partial charge in [-0.1, -0.05) is 0 Å². The highest BCUT2D eigenvalue weighted by molar-refractivity contribution is 7.89. The van der Waals surface area contributed by atoms with Crippen LogP contribution in [0.4, 0.5) is 5.69 Å².